The Morgan fingerprint density at radius 2 is 1.76 bits per heavy atom. The number of halogens is 1. The molecular formula is C26H33FN2. The first-order chi connectivity index (χ1) is 14.1. The van der Waals surface area contributed by atoms with Gasteiger partial charge in [0.15, 0.2) is 0 Å². The summed E-state index contributed by atoms with van der Waals surface area (Å²) in [6.45, 7) is 6.29. The van der Waals surface area contributed by atoms with E-state index in [9.17, 15) is 9.65 Å². The summed E-state index contributed by atoms with van der Waals surface area (Å²) in [5, 5.41) is 10.3. The van der Waals surface area contributed by atoms with E-state index in [0.717, 1.165) is 45.2 Å². The second-order valence-corrected chi connectivity index (χ2v) is 8.48. The summed E-state index contributed by atoms with van der Waals surface area (Å²) in [4.78, 5) is 2.45. The van der Waals surface area contributed by atoms with E-state index in [4.69, 9.17) is 0 Å². The van der Waals surface area contributed by atoms with Gasteiger partial charge in [-0.15, -0.1) is 0 Å². The average Bonchev–Trinajstić information content (AvgIpc) is 3.30. The third kappa shape index (κ3) is 4.87. The topological polar surface area (TPSA) is 27.0 Å². The van der Waals surface area contributed by atoms with Crippen molar-refractivity contribution in [3.05, 3.63) is 71.5 Å². The highest BCUT2D eigenvalue weighted by Crippen LogP contribution is 2.46. The molecule has 2 nitrogen and oxygen atoms in total. The Balaban J connectivity index is 1.79. The van der Waals surface area contributed by atoms with Gasteiger partial charge in [-0.3, -0.25) is 4.90 Å². The molecule has 1 aliphatic rings. The van der Waals surface area contributed by atoms with Crippen molar-refractivity contribution in [3.63, 3.8) is 0 Å². The molecule has 0 aromatic heterocycles. The second-order valence-electron chi connectivity index (χ2n) is 8.48. The van der Waals surface area contributed by atoms with Crippen LogP contribution >= 0.6 is 0 Å². The molecule has 0 aliphatic heterocycles. The van der Waals surface area contributed by atoms with Crippen molar-refractivity contribution in [1.82, 2.24) is 4.90 Å². The van der Waals surface area contributed by atoms with Gasteiger partial charge in [0.2, 0.25) is 0 Å². The molecule has 3 rings (SSSR count). The van der Waals surface area contributed by atoms with Gasteiger partial charge in [-0.25, -0.2) is 4.39 Å². The molecule has 2 aromatic rings. The van der Waals surface area contributed by atoms with E-state index in [1.54, 1.807) is 6.07 Å². The Kier molecular flexibility index (Phi) is 7.45. The maximum atomic E-state index is 14.8. The van der Waals surface area contributed by atoms with Crippen molar-refractivity contribution < 1.29 is 4.39 Å². The fourth-order valence-electron chi connectivity index (χ4n) is 5.02. The van der Waals surface area contributed by atoms with Crippen molar-refractivity contribution in [3.8, 4) is 6.07 Å². The highest BCUT2D eigenvalue weighted by atomic mass is 19.1. The number of nitriles is 1. The highest BCUT2D eigenvalue weighted by molar-refractivity contribution is 5.35. The number of benzene rings is 2. The lowest BCUT2D eigenvalue weighted by molar-refractivity contribution is 0.182. The maximum Gasteiger partial charge on any atom is 0.128 e. The summed E-state index contributed by atoms with van der Waals surface area (Å²) in [5.41, 5.74) is 1.19. The lowest BCUT2D eigenvalue weighted by Crippen LogP contribution is -2.38. The van der Waals surface area contributed by atoms with E-state index in [0.29, 0.717) is 18.0 Å². The molecular weight excluding hydrogens is 359 g/mol. The molecule has 1 saturated carbocycles. The summed E-state index contributed by atoms with van der Waals surface area (Å²) in [5.74, 6) is 0.0195. The largest absolute Gasteiger partial charge is 0.297 e. The van der Waals surface area contributed by atoms with Crippen molar-refractivity contribution in [2.24, 2.45) is 5.92 Å². The monoisotopic (exact) mass is 392 g/mol. The van der Waals surface area contributed by atoms with Gasteiger partial charge in [0.1, 0.15) is 5.82 Å². The summed E-state index contributed by atoms with van der Waals surface area (Å²) < 4.78 is 14.8. The van der Waals surface area contributed by atoms with Crippen LogP contribution in [0.1, 0.15) is 63.5 Å². The molecule has 2 aromatic carbocycles. The Hall–Kier alpha value is -2.18. The van der Waals surface area contributed by atoms with Crippen LogP contribution in [0, 0.1) is 23.1 Å². The normalized spacial score (nSPS) is 17.8. The standard InChI is InChI=1S/C26H33FN2/c1-3-29(19-22-11-5-4-6-12-22)21(2)17-18-26(20-28,23-13-7-8-14-23)24-15-9-10-16-25(24)27/h4-6,9-12,15-16,21,23H,3,7-8,13-14,17-19H2,1-2H3. The van der Waals surface area contributed by atoms with Crippen LogP contribution in [-0.2, 0) is 12.0 Å². The van der Waals surface area contributed by atoms with Crippen LogP contribution in [0.15, 0.2) is 54.6 Å². The van der Waals surface area contributed by atoms with Crippen LogP contribution in [0.2, 0.25) is 0 Å². The van der Waals surface area contributed by atoms with Gasteiger partial charge in [0, 0.05) is 18.2 Å². The summed E-state index contributed by atoms with van der Waals surface area (Å²) >= 11 is 0. The highest BCUT2D eigenvalue weighted by Gasteiger charge is 2.43. The summed E-state index contributed by atoms with van der Waals surface area (Å²) in [6.07, 6.45) is 5.94. The predicted molar refractivity (Wildman–Crippen MR) is 117 cm³/mol. The Labute approximate surface area is 175 Å². The smallest absolute Gasteiger partial charge is 0.128 e. The van der Waals surface area contributed by atoms with Crippen LogP contribution in [0.4, 0.5) is 4.39 Å². The fraction of sp³-hybridized carbons (Fsp3) is 0.500. The zero-order valence-corrected chi connectivity index (χ0v) is 17.8. The zero-order chi connectivity index (χ0) is 20.7. The van der Waals surface area contributed by atoms with E-state index in [2.05, 4.69) is 49.1 Å². The number of rotatable bonds is 9. The second kappa shape index (κ2) is 10.0. The fourth-order valence-corrected chi connectivity index (χ4v) is 5.02. The Bertz CT molecular complexity index is 807. The van der Waals surface area contributed by atoms with Crippen LogP contribution in [0.25, 0.3) is 0 Å². The first-order valence-corrected chi connectivity index (χ1v) is 11.0. The molecule has 0 spiro atoms. The quantitative estimate of drug-likeness (QED) is 0.489. The van der Waals surface area contributed by atoms with Crippen LogP contribution in [0.5, 0.6) is 0 Å². The first-order valence-electron chi connectivity index (χ1n) is 11.0. The number of nitrogens with zero attached hydrogens (tertiary/aromatic N) is 2. The molecule has 1 fully saturated rings. The molecule has 0 saturated heterocycles. The van der Waals surface area contributed by atoms with Crippen LogP contribution in [-0.4, -0.2) is 17.5 Å². The van der Waals surface area contributed by atoms with Crippen molar-refractivity contribution in [2.75, 3.05) is 6.54 Å². The van der Waals surface area contributed by atoms with Gasteiger partial charge in [0.05, 0.1) is 11.5 Å². The van der Waals surface area contributed by atoms with E-state index in [-0.39, 0.29) is 11.7 Å². The van der Waals surface area contributed by atoms with Crippen LogP contribution < -0.4 is 0 Å². The molecule has 0 radical (unpaired) electrons. The molecule has 1 aliphatic carbocycles. The van der Waals surface area contributed by atoms with Crippen molar-refractivity contribution >= 4 is 0 Å². The molecule has 0 heterocycles. The van der Waals surface area contributed by atoms with Crippen molar-refractivity contribution in [1.29, 1.82) is 5.26 Å². The Morgan fingerprint density at radius 3 is 2.38 bits per heavy atom. The summed E-state index contributed by atoms with van der Waals surface area (Å²) in [7, 11) is 0. The number of hydrogen-bond acceptors (Lipinski definition) is 2. The number of hydrogen-bond donors (Lipinski definition) is 0. The molecule has 3 heteroatoms. The van der Waals surface area contributed by atoms with E-state index < -0.39 is 5.41 Å². The first kappa shape index (κ1) is 21.5. The van der Waals surface area contributed by atoms with Gasteiger partial charge < -0.3 is 0 Å². The van der Waals surface area contributed by atoms with Gasteiger partial charge in [-0.05, 0) is 56.7 Å². The third-order valence-electron chi connectivity index (χ3n) is 6.82. The zero-order valence-electron chi connectivity index (χ0n) is 17.8. The SMILES string of the molecule is CCN(Cc1ccccc1)C(C)CCC(C#N)(c1ccccc1F)C1CCCC1. The molecule has 0 amide bonds. The lowest BCUT2D eigenvalue weighted by Gasteiger charge is -2.36. The van der Waals surface area contributed by atoms with Crippen molar-refractivity contribution in [2.45, 2.75) is 70.4 Å². The lowest BCUT2D eigenvalue weighted by atomic mass is 9.67. The minimum atomic E-state index is -0.720. The molecule has 0 bridgehead atoms. The van der Waals surface area contributed by atoms with Gasteiger partial charge in [-0.1, -0.05) is 68.3 Å². The van der Waals surface area contributed by atoms with Gasteiger partial charge >= 0.3 is 0 Å². The predicted octanol–water partition coefficient (Wildman–Crippen LogP) is 6.47. The molecule has 2 atom stereocenters. The van der Waals surface area contributed by atoms with E-state index in [1.165, 1.54) is 11.6 Å². The van der Waals surface area contributed by atoms with Gasteiger partial charge in [-0.2, -0.15) is 5.26 Å². The minimum Gasteiger partial charge on any atom is -0.297 e. The molecule has 154 valence electrons. The molecule has 2 unspecified atom stereocenters. The Morgan fingerprint density at radius 1 is 1.10 bits per heavy atom. The molecule has 29 heavy (non-hydrogen) atoms. The average molecular weight is 393 g/mol. The van der Waals surface area contributed by atoms with E-state index in [1.807, 2.05) is 18.2 Å². The van der Waals surface area contributed by atoms with Gasteiger partial charge in [0.25, 0.3) is 0 Å². The third-order valence-corrected chi connectivity index (χ3v) is 6.82. The maximum absolute atomic E-state index is 14.8. The molecule has 0 N–H and O–H groups in total. The van der Waals surface area contributed by atoms with E-state index >= 15 is 0 Å². The van der Waals surface area contributed by atoms with Crippen LogP contribution in [0.3, 0.4) is 0 Å². The minimum absolute atomic E-state index is 0.231. The summed E-state index contributed by atoms with van der Waals surface area (Å²) in [6, 6.07) is 20.4.